The first kappa shape index (κ1) is 21.8. The lowest BCUT2D eigenvalue weighted by Gasteiger charge is -2.16. The standard InChI is InChI=1S/C23H22FN5O5/c1-12-16(10-34-28-12)22(30)26-20-15-8-13(14-4-5-17-19(18(14)24)33-11-32-17)9-25-21(15)29(27-20)7-6-23(2,3)31/h4-5,8-10,31H,6-7,11H2,1-3H3,(H,26,27,30). The molecule has 11 heteroatoms. The van der Waals surface area contributed by atoms with Crippen LogP contribution >= 0.6 is 0 Å². The Hall–Kier alpha value is -3.99. The van der Waals surface area contributed by atoms with Gasteiger partial charge in [-0.05, 0) is 45.4 Å². The monoisotopic (exact) mass is 467 g/mol. The van der Waals surface area contributed by atoms with Crippen LogP contribution in [-0.4, -0.2) is 43.3 Å². The Labute approximate surface area is 193 Å². The highest BCUT2D eigenvalue weighted by Crippen LogP contribution is 2.40. The van der Waals surface area contributed by atoms with E-state index in [1.165, 1.54) is 12.5 Å². The number of benzene rings is 1. The van der Waals surface area contributed by atoms with Crippen molar-refractivity contribution in [3.05, 3.63) is 47.7 Å². The lowest BCUT2D eigenvalue weighted by Crippen LogP contribution is -2.21. The number of carbonyl (C=O) groups excluding carboxylic acids is 1. The third kappa shape index (κ3) is 3.94. The number of amides is 1. The van der Waals surface area contributed by atoms with Crippen LogP contribution in [0.5, 0.6) is 11.5 Å². The molecule has 1 aromatic carbocycles. The summed E-state index contributed by atoms with van der Waals surface area (Å²) in [6, 6.07) is 4.92. The molecule has 10 nitrogen and oxygen atoms in total. The van der Waals surface area contributed by atoms with Crippen molar-refractivity contribution >= 4 is 22.8 Å². The van der Waals surface area contributed by atoms with Gasteiger partial charge in [-0.1, -0.05) is 5.16 Å². The Morgan fingerprint density at radius 3 is 2.88 bits per heavy atom. The van der Waals surface area contributed by atoms with Gasteiger partial charge >= 0.3 is 0 Å². The highest BCUT2D eigenvalue weighted by molar-refractivity contribution is 6.08. The first-order chi connectivity index (χ1) is 16.2. The van der Waals surface area contributed by atoms with Crippen molar-refractivity contribution in [1.82, 2.24) is 19.9 Å². The second kappa shape index (κ2) is 8.10. The summed E-state index contributed by atoms with van der Waals surface area (Å²) in [5, 5.41) is 21.7. The lowest BCUT2D eigenvalue weighted by molar-refractivity contribution is 0.0654. The number of aromatic nitrogens is 4. The molecule has 34 heavy (non-hydrogen) atoms. The number of pyridine rings is 1. The van der Waals surface area contributed by atoms with E-state index >= 15 is 4.39 Å². The molecule has 0 radical (unpaired) electrons. The smallest absolute Gasteiger partial charge is 0.262 e. The largest absolute Gasteiger partial charge is 0.453 e. The van der Waals surface area contributed by atoms with E-state index in [1.807, 2.05) is 0 Å². The van der Waals surface area contributed by atoms with E-state index in [0.29, 0.717) is 41.0 Å². The van der Waals surface area contributed by atoms with Crippen molar-refractivity contribution in [2.45, 2.75) is 39.3 Å². The number of halogens is 1. The molecule has 0 spiro atoms. The van der Waals surface area contributed by atoms with Crippen LogP contribution in [0.1, 0.15) is 36.3 Å². The van der Waals surface area contributed by atoms with Crippen molar-refractivity contribution in [3.63, 3.8) is 0 Å². The maximum absolute atomic E-state index is 15.1. The maximum Gasteiger partial charge on any atom is 0.262 e. The number of carbonyl (C=O) groups is 1. The second-order valence-electron chi connectivity index (χ2n) is 8.66. The lowest BCUT2D eigenvalue weighted by atomic mass is 10.0. The molecule has 0 saturated carbocycles. The third-order valence-corrected chi connectivity index (χ3v) is 5.54. The van der Waals surface area contributed by atoms with Gasteiger partial charge in [0.2, 0.25) is 12.5 Å². The minimum Gasteiger partial charge on any atom is -0.453 e. The van der Waals surface area contributed by atoms with Crippen LogP contribution in [0, 0.1) is 12.7 Å². The maximum atomic E-state index is 15.1. The number of hydrogen-bond acceptors (Lipinski definition) is 8. The van der Waals surface area contributed by atoms with Gasteiger partial charge in [0.05, 0.1) is 16.7 Å². The second-order valence-corrected chi connectivity index (χ2v) is 8.66. The van der Waals surface area contributed by atoms with Gasteiger partial charge in [0.1, 0.15) is 11.8 Å². The van der Waals surface area contributed by atoms with Gasteiger partial charge in [0.25, 0.3) is 5.91 Å². The first-order valence-electron chi connectivity index (χ1n) is 10.6. The number of nitrogens with one attached hydrogen (secondary N) is 1. The van der Waals surface area contributed by atoms with Crippen LogP contribution in [0.15, 0.2) is 35.2 Å². The predicted octanol–water partition coefficient (Wildman–Crippen LogP) is 3.68. The molecular weight excluding hydrogens is 445 g/mol. The fourth-order valence-corrected chi connectivity index (χ4v) is 3.68. The molecule has 0 bridgehead atoms. The number of fused-ring (bicyclic) bond motifs is 2. The molecule has 1 aliphatic heterocycles. The first-order valence-corrected chi connectivity index (χ1v) is 10.6. The molecule has 0 atom stereocenters. The molecule has 176 valence electrons. The Balaban J connectivity index is 1.58. The molecule has 0 unspecified atom stereocenters. The number of nitrogens with zero attached hydrogens (tertiary/aromatic N) is 4. The van der Waals surface area contributed by atoms with Gasteiger partial charge in [0, 0.05) is 23.9 Å². The number of aryl methyl sites for hydroxylation is 2. The zero-order chi connectivity index (χ0) is 24.0. The van der Waals surface area contributed by atoms with E-state index in [2.05, 4.69) is 20.6 Å². The molecular formula is C23H22FN5O5. The van der Waals surface area contributed by atoms with Crippen LogP contribution in [0.4, 0.5) is 10.2 Å². The fourth-order valence-electron chi connectivity index (χ4n) is 3.68. The van der Waals surface area contributed by atoms with Crippen molar-refractivity contribution in [1.29, 1.82) is 0 Å². The average molecular weight is 467 g/mol. The van der Waals surface area contributed by atoms with Crippen molar-refractivity contribution in [2.24, 2.45) is 0 Å². The van der Waals surface area contributed by atoms with Crippen LogP contribution in [0.2, 0.25) is 0 Å². The summed E-state index contributed by atoms with van der Waals surface area (Å²) in [6.45, 7) is 5.36. The van der Waals surface area contributed by atoms with Gasteiger partial charge in [-0.25, -0.2) is 14.1 Å². The minimum absolute atomic E-state index is 0.0422. The molecule has 3 aromatic heterocycles. The normalized spacial score (nSPS) is 13.0. The summed E-state index contributed by atoms with van der Waals surface area (Å²) < 4.78 is 32.0. The summed E-state index contributed by atoms with van der Waals surface area (Å²) in [5.74, 6) is -0.378. The Bertz CT molecular complexity index is 1410. The zero-order valence-corrected chi connectivity index (χ0v) is 18.8. The molecule has 1 amide bonds. The van der Waals surface area contributed by atoms with Crippen molar-refractivity contribution < 1.29 is 28.3 Å². The summed E-state index contributed by atoms with van der Waals surface area (Å²) in [7, 11) is 0. The molecule has 4 heterocycles. The van der Waals surface area contributed by atoms with E-state index in [-0.39, 0.29) is 29.5 Å². The van der Waals surface area contributed by atoms with Crippen molar-refractivity contribution in [2.75, 3.05) is 12.1 Å². The van der Waals surface area contributed by atoms with Gasteiger partial charge < -0.3 is 24.4 Å². The molecule has 1 aliphatic rings. The molecule has 0 aliphatic carbocycles. The number of anilines is 1. The molecule has 2 N–H and O–H groups in total. The average Bonchev–Trinajstić information content (AvgIpc) is 3.51. The molecule has 4 aromatic rings. The van der Waals surface area contributed by atoms with E-state index in [9.17, 15) is 9.90 Å². The Morgan fingerprint density at radius 2 is 2.15 bits per heavy atom. The number of rotatable bonds is 6. The molecule has 0 fully saturated rings. The summed E-state index contributed by atoms with van der Waals surface area (Å²) >= 11 is 0. The Morgan fingerprint density at radius 1 is 1.32 bits per heavy atom. The van der Waals surface area contributed by atoms with Crippen LogP contribution in [0.3, 0.4) is 0 Å². The predicted molar refractivity (Wildman–Crippen MR) is 119 cm³/mol. The topological polar surface area (TPSA) is 125 Å². The summed E-state index contributed by atoms with van der Waals surface area (Å²) in [4.78, 5) is 17.3. The number of aliphatic hydroxyl groups is 1. The third-order valence-electron chi connectivity index (χ3n) is 5.54. The quantitative estimate of drug-likeness (QED) is 0.440. The Kier molecular flexibility index (Phi) is 5.20. The summed E-state index contributed by atoms with van der Waals surface area (Å²) in [5.41, 5.74) is 1.01. The SMILES string of the molecule is Cc1nocc1C(=O)Nc1nn(CCC(C)(C)O)c2ncc(-c3ccc4c(c3F)OCO4)cc12. The van der Waals surface area contributed by atoms with Gasteiger partial charge in [-0.3, -0.25) is 4.79 Å². The van der Waals surface area contributed by atoms with Crippen LogP contribution < -0.4 is 14.8 Å². The van der Waals surface area contributed by atoms with E-state index in [1.54, 1.807) is 43.7 Å². The van der Waals surface area contributed by atoms with Gasteiger partial charge in [-0.15, -0.1) is 0 Å². The zero-order valence-electron chi connectivity index (χ0n) is 18.8. The number of hydrogen-bond donors (Lipinski definition) is 2. The summed E-state index contributed by atoms with van der Waals surface area (Å²) in [6.07, 6.45) is 3.19. The highest BCUT2D eigenvalue weighted by Gasteiger charge is 2.24. The van der Waals surface area contributed by atoms with Crippen LogP contribution in [0.25, 0.3) is 22.2 Å². The molecule has 0 saturated heterocycles. The van der Waals surface area contributed by atoms with E-state index in [0.717, 1.165) is 0 Å². The highest BCUT2D eigenvalue weighted by atomic mass is 19.1. The van der Waals surface area contributed by atoms with Gasteiger partial charge in [0.15, 0.2) is 23.0 Å². The fraction of sp³-hybridized carbons (Fsp3) is 0.304. The van der Waals surface area contributed by atoms with E-state index in [4.69, 9.17) is 14.0 Å². The minimum atomic E-state index is -0.920. The van der Waals surface area contributed by atoms with E-state index < -0.39 is 17.3 Å². The van der Waals surface area contributed by atoms with Gasteiger partial charge in [-0.2, -0.15) is 5.10 Å². The van der Waals surface area contributed by atoms with Crippen molar-refractivity contribution in [3.8, 4) is 22.6 Å². The van der Waals surface area contributed by atoms with Crippen LogP contribution in [-0.2, 0) is 6.54 Å². The molecule has 5 rings (SSSR count). The number of ether oxygens (including phenoxy) is 2.